The maximum atomic E-state index is 13.2. The van der Waals surface area contributed by atoms with Gasteiger partial charge < -0.3 is 10.2 Å². The van der Waals surface area contributed by atoms with Crippen molar-refractivity contribution in [1.29, 1.82) is 0 Å². The summed E-state index contributed by atoms with van der Waals surface area (Å²) in [6, 6.07) is 18.6. The third-order valence-electron chi connectivity index (χ3n) is 5.05. The lowest BCUT2D eigenvalue weighted by atomic mass is 10.0. The Balaban J connectivity index is 1.92. The number of carbonyl (C=O) groups excluding carboxylic acids is 1. The number of amides is 1. The predicted octanol–water partition coefficient (Wildman–Crippen LogP) is 4.62. The second kappa shape index (κ2) is 8.19. The number of benzene rings is 2. The van der Waals surface area contributed by atoms with Crippen LogP contribution in [0.25, 0.3) is 0 Å². The van der Waals surface area contributed by atoms with E-state index in [1.807, 2.05) is 18.2 Å². The average Bonchev–Trinajstić information content (AvgIpc) is 3.13. The van der Waals surface area contributed by atoms with Gasteiger partial charge in [0.25, 0.3) is 0 Å². The molecule has 0 saturated heterocycles. The lowest BCUT2D eigenvalue weighted by Gasteiger charge is -2.33. The number of nitrogens with one attached hydrogen (secondary N) is 1. The first-order valence-electron chi connectivity index (χ1n) is 9.37. The molecule has 0 aliphatic heterocycles. The number of hydrogen-bond donors (Lipinski definition) is 1. The van der Waals surface area contributed by atoms with Crippen LogP contribution in [-0.2, 0) is 4.79 Å². The molecule has 1 saturated carbocycles. The first-order chi connectivity index (χ1) is 12.2. The molecule has 0 radical (unpaired) electrons. The van der Waals surface area contributed by atoms with E-state index in [9.17, 15) is 4.79 Å². The first-order valence-corrected chi connectivity index (χ1v) is 9.37. The van der Waals surface area contributed by atoms with Gasteiger partial charge in [-0.25, -0.2) is 0 Å². The summed E-state index contributed by atoms with van der Waals surface area (Å²) >= 11 is 0. The Kier molecular flexibility index (Phi) is 5.75. The molecule has 0 heterocycles. The van der Waals surface area contributed by atoms with Crippen LogP contribution in [0.5, 0.6) is 0 Å². The zero-order valence-electron chi connectivity index (χ0n) is 15.2. The molecule has 1 aliphatic carbocycles. The molecule has 1 atom stereocenters. The SMILES string of the molecule is CCN(c1cccc(C)c1)[C@H](C(=O)NC1CCCC1)c1ccccc1. The van der Waals surface area contributed by atoms with Crippen LogP contribution in [0.3, 0.4) is 0 Å². The van der Waals surface area contributed by atoms with Crippen LogP contribution in [0.15, 0.2) is 54.6 Å². The van der Waals surface area contributed by atoms with Crippen LogP contribution in [0.1, 0.15) is 49.8 Å². The summed E-state index contributed by atoms with van der Waals surface area (Å²) in [6.45, 7) is 4.98. The smallest absolute Gasteiger partial charge is 0.247 e. The molecule has 0 spiro atoms. The molecular formula is C22H28N2O. The molecule has 1 fully saturated rings. The van der Waals surface area contributed by atoms with Crippen molar-refractivity contribution in [2.45, 2.75) is 51.6 Å². The van der Waals surface area contributed by atoms with Crippen LogP contribution < -0.4 is 10.2 Å². The molecule has 1 aliphatic rings. The molecule has 132 valence electrons. The number of rotatable bonds is 6. The van der Waals surface area contributed by atoms with Crippen LogP contribution in [0.2, 0.25) is 0 Å². The number of aryl methyl sites for hydroxylation is 1. The lowest BCUT2D eigenvalue weighted by Crippen LogP contribution is -2.44. The van der Waals surface area contributed by atoms with Crippen molar-refractivity contribution >= 4 is 11.6 Å². The molecule has 3 rings (SSSR count). The monoisotopic (exact) mass is 336 g/mol. The fourth-order valence-corrected chi connectivity index (χ4v) is 3.78. The Hall–Kier alpha value is -2.29. The van der Waals surface area contributed by atoms with Gasteiger partial charge in [0.15, 0.2) is 0 Å². The topological polar surface area (TPSA) is 32.3 Å². The fraction of sp³-hybridized carbons (Fsp3) is 0.409. The third kappa shape index (κ3) is 4.22. The summed E-state index contributed by atoms with van der Waals surface area (Å²) < 4.78 is 0. The quantitative estimate of drug-likeness (QED) is 0.835. The number of hydrogen-bond acceptors (Lipinski definition) is 2. The zero-order valence-corrected chi connectivity index (χ0v) is 15.2. The average molecular weight is 336 g/mol. The minimum absolute atomic E-state index is 0.112. The van der Waals surface area contributed by atoms with Crippen LogP contribution >= 0.6 is 0 Å². The molecule has 0 unspecified atom stereocenters. The normalized spacial score (nSPS) is 15.8. The number of anilines is 1. The summed E-state index contributed by atoms with van der Waals surface area (Å²) in [4.78, 5) is 15.4. The first kappa shape index (κ1) is 17.5. The second-order valence-electron chi connectivity index (χ2n) is 6.93. The molecule has 1 amide bonds. The highest BCUT2D eigenvalue weighted by Crippen LogP contribution is 2.29. The Labute approximate surface area is 151 Å². The van der Waals surface area contributed by atoms with Gasteiger partial charge in [0.1, 0.15) is 6.04 Å². The van der Waals surface area contributed by atoms with E-state index in [1.54, 1.807) is 0 Å². The minimum Gasteiger partial charge on any atom is -0.356 e. The van der Waals surface area contributed by atoms with Gasteiger partial charge in [-0.15, -0.1) is 0 Å². The molecular weight excluding hydrogens is 308 g/mol. The van der Waals surface area contributed by atoms with Gasteiger partial charge in [-0.05, 0) is 49.9 Å². The predicted molar refractivity (Wildman–Crippen MR) is 104 cm³/mol. The van der Waals surface area contributed by atoms with Gasteiger partial charge >= 0.3 is 0 Å². The van der Waals surface area contributed by atoms with Gasteiger partial charge in [0.05, 0.1) is 0 Å². The summed E-state index contributed by atoms with van der Waals surface area (Å²) in [5, 5.41) is 3.30. The molecule has 1 N–H and O–H groups in total. The van der Waals surface area contributed by atoms with Gasteiger partial charge in [-0.1, -0.05) is 55.3 Å². The maximum absolute atomic E-state index is 13.2. The number of carbonyl (C=O) groups is 1. The van der Waals surface area contributed by atoms with Crippen molar-refractivity contribution in [1.82, 2.24) is 5.32 Å². The van der Waals surface area contributed by atoms with Crippen molar-refractivity contribution in [3.63, 3.8) is 0 Å². The summed E-state index contributed by atoms with van der Waals surface area (Å²) in [6.07, 6.45) is 4.64. The Morgan fingerprint density at radius 2 is 1.84 bits per heavy atom. The minimum atomic E-state index is -0.298. The van der Waals surface area contributed by atoms with Crippen LogP contribution in [0, 0.1) is 6.92 Å². The van der Waals surface area contributed by atoms with Crippen molar-refractivity contribution in [2.75, 3.05) is 11.4 Å². The molecule has 2 aromatic rings. The molecule has 0 aromatic heterocycles. The van der Waals surface area contributed by atoms with Crippen LogP contribution in [0.4, 0.5) is 5.69 Å². The number of nitrogens with zero attached hydrogens (tertiary/aromatic N) is 1. The third-order valence-corrected chi connectivity index (χ3v) is 5.05. The van der Waals surface area contributed by atoms with E-state index in [4.69, 9.17) is 0 Å². The van der Waals surface area contributed by atoms with Crippen molar-refractivity contribution in [3.05, 3.63) is 65.7 Å². The highest BCUT2D eigenvalue weighted by molar-refractivity contribution is 5.87. The molecule has 2 aromatic carbocycles. The van der Waals surface area contributed by atoms with Gasteiger partial charge in [-0.3, -0.25) is 4.79 Å². The van der Waals surface area contributed by atoms with Crippen molar-refractivity contribution < 1.29 is 4.79 Å². The molecule has 0 bridgehead atoms. The van der Waals surface area contributed by atoms with E-state index in [1.165, 1.54) is 18.4 Å². The fourth-order valence-electron chi connectivity index (χ4n) is 3.78. The van der Waals surface area contributed by atoms with E-state index in [0.717, 1.165) is 30.6 Å². The number of likely N-dealkylation sites (N-methyl/N-ethyl adjacent to an activating group) is 1. The van der Waals surface area contributed by atoms with Gasteiger partial charge in [0.2, 0.25) is 5.91 Å². The molecule has 3 nitrogen and oxygen atoms in total. The highest BCUT2D eigenvalue weighted by Gasteiger charge is 2.29. The van der Waals surface area contributed by atoms with E-state index < -0.39 is 0 Å². The van der Waals surface area contributed by atoms with Crippen LogP contribution in [-0.4, -0.2) is 18.5 Å². The van der Waals surface area contributed by atoms with E-state index in [2.05, 4.69) is 60.5 Å². The zero-order chi connectivity index (χ0) is 17.6. The largest absolute Gasteiger partial charge is 0.356 e. The summed E-state index contributed by atoms with van der Waals surface area (Å²) in [5.74, 6) is 0.112. The summed E-state index contributed by atoms with van der Waals surface area (Å²) in [5.41, 5.74) is 3.35. The van der Waals surface area contributed by atoms with Gasteiger partial charge in [0, 0.05) is 18.3 Å². The Morgan fingerprint density at radius 3 is 2.48 bits per heavy atom. The van der Waals surface area contributed by atoms with E-state index in [0.29, 0.717) is 6.04 Å². The lowest BCUT2D eigenvalue weighted by molar-refractivity contribution is -0.123. The highest BCUT2D eigenvalue weighted by atomic mass is 16.2. The maximum Gasteiger partial charge on any atom is 0.247 e. The van der Waals surface area contributed by atoms with Crippen molar-refractivity contribution in [2.24, 2.45) is 0 Å². The Morgan fingerprint density at radius 1 is 1.12 bits per heavy atom. The van der Waals surface area contributed by atoms with Gasteiger partial charge in [-0.2, -0.15) is 0 Å². The Bertz CT molecular complexity index is 692. The van der Waals surface area contributed by atoms with Crippen molar-refractivity contribution in [3.8, 4) is 0 Å². The van der Waals surface area contributed by atoms with E-state index >= 15 is 0 Å². The standard InChI is InChI=1S/C22H28N2O/c1-3-24(20-15-9-10-17(2)16-20)21(18-11-5-4-6-12-18)22(25)23-19-13-7-8-14-19/h4-6,9-12,15-16,19,21H,3,7-8,13-14H2,1-2H3,(H,23,25)/t21-/m0/s1. The molecule has 25 heavy (non-hydrogen) atoms. The molecule has 3 heteroatoms. The van der Waals surface area contributed by atoms with E-state index in [-0.39, 0.29) is 11.9 Å². The second-order valence-corrected chi connectivity index (χ2v) is 6.93. The summed E-state index contributed by atoms with van der Waals surface area (Å²) in [7, 11) is 0.